The molecule has 0 radical (unpaired) electrons. The zero-order valence-corrected chi connectivity index (χ0v) is 18.9. The molecule has 1 atom stereocenters. The summed E-state index contributed by atoms with van der Waals surface area (Å²) in [6.07, 6.45) is 0. The summed E-state index contributed by atoms with van der Waals surface area (Å²) in [7, 11) is 0. The van der Waals surface area contributed by atoms with Crippen LogP contribution in [0.4, 0.5) is 5.69 Å². The second-order valence-electron chi connectivity index (χ2n) is 6.49. The number of anilines is 1. The molecule has 0 heterocycles. The fourth-order valence-electron chi connectivity index (χ4n) is 2.27. The van der Waals surface area contributed by atoms with Gasteiger partial charge in [-0.25, -0.2) is 0 Å². The third kappa shape index (κ3) is 8.26. The van der Waals surface area contributed by atoms with E-state index in [0.717, 1.165) is 17.3 Å². The maximum absolute atomic E-state index is 12.0. The van der Waals surface area contributed by atoms with Crippen LogP contribution in [0.1, 0.15) is 18.1 Å². The summed E-state index contributed by atoms with van der Waals surface area (Å²) in [4.78, 5) is 35.9. The molecule has 0 fully saturated rings. The minimum atomic E-state index is -0.590. The first-order valence-electron chi connectivity index (χ1n) is 9.10. The van der Waals surface area contributed by atoms with Gasteiger partial charge in [-0.15, -0.1) is 11.8 Å². The summed E-state index contributed by atoms with van der Waals surface area (Å²) in [6, 6.07) is 12.4. The van der Waals surface area contributed by atoms with Crippen molar-refractivity contribution in [2.75, 3.05) is 17.7 Å². The molecule has 0 spiro atoms. The average molecular weight is 469 g/mol. The number of carbonyl (C=O) groups is 3. The number of aryl methyl sites for hydroxylation is 1. The van der Waals surface area contributed by atoms with Gasteiger partial charge in [-0.05, 0) is 43.7 Å². The lowest BCUT2D eigenvalue weighted by atomic mass is 10.2. The SMILES string of the molecule is Cc1ccc(NC(=O)CS[C@@H](C)C(=O)OCC(=O)NCc2ccc(Cl)cc2Cl)cc1. The monoisotopic (exact) mass is 468 g/mol. The molecule has 9 heteroatoms. The number of halogens is 2. The van der Waals surface area contributed by atoms with Gasteiger partial charge in [-0.3, -0.25) is 14.4 Å². The summed E-state index contributed by atoms with van der Waals surface area (Å²) in [5.74, 6) is -1.15. The number of benzene rings is 2. The average Bonchev–Trinajstić information content (AvgIpc) is 2.71. The van der Waals surface area contributed by atoms with E-state index in [4.69, 9.17) is 27.9 Å². The highest BCUT2D eigenvalue weighted by atomic mass is 35.5. The summed E-state index contributed by atoms with van der Waals surface area (Å²) in [5.41, 5.74) is 2.49. The topological polar surface area (TPSA) is 84.5 Å². The van der Waals surface area contributed by atoms with Gasteiger partial charge in [0.1, 0.15) is 5.25 Å². The van der Waals surface area contributed by atoms with Crippen LogP contribution in [0.3, 0.4) is 0 Å². The molecule has 6 nitrogen and oxygen atoms in total. The van der Waals surface area contributed by atoms with Crippen LogP contribution in [0.15, 0.2) is 42.5 Å². The van der Waals surface area contributed by atoms with Crippen molar-refractivity contribution in [2.24, 2.45) is 0 Å². The van der Waals surface area contributed by atoms with Crippen LogP contribution in [0.25, 0.3) is 0 Å². The molecule has 2 aromatic rings. The standard InChI is InChI=1S/C21H22Cl2N2O4S/c1-13-3-7-17(8-4-13)25-20(27)12-30-14(2)21(28)29-11-19(26)24-10-15-5-6-16(22)9-18(15)23/h3-9,14H,10-12H2,1-2H3,(H,24,26)(H,25,27)/t14-/m0/s1. The lowest BCUT2D eigenvalue weighted by Gasteiger charge is -2.12. The predicted molar refractivity (Wildman–Crippen MR) is 121 cm³/mol. The number of rotatable bonds is 9. The van der Waals surface area contributed by atoms with Crippen LogP contribution in [0.2, 0.25) is 10.0 Å². The zero-order valence-electron chi connectivity index (χ0n) is 16.5. The van der Waals surface area contributed by atoms with Crippen LogP contribution in [-0.4, -0.2) is 35.4 Å². The number of nitrogens with one attached hydrogen (secondary N) is 2. The maximum Gasteiger partial charge on any atom is 0.319 e. The summed E-state index contributed by atoms with van der Waals surface area (Å²) in [5, 5.41) is 5.73. The zero-order chi connectivity index (χ0) is 22.1. The van der Waals surface area contributed by atoms with Gasteiger partial charge >= 0.3 is 5.97 Å². The lowest BCUT2D eigenvalue weighted by Crippen LogP contribution is -2.30. The minimum Gasteiger partial charge on any atom is -0.455 e. The molecule has 0 aromatic heterocycles. The van der Waals surface area contributed by atoms with Crippen molar-refractivity contribution in [3.63, 3.8) is 0 Å². The first kappa shape index (κ1) is 24.1. The van der Waals surface area contributed by atoms with Gasteiger partial charge in [0, 0.05) is 22.3 Å². The molecule has 2 rings (SSSR count). The van der Waals surface area contributed by atoms with Crippen LogP contribution in [-0.2, 0) is 25.7 Å². The second-order valence-corrected chi connectivity index (χ2v) is 8.66. The Kier molecular flexibility index (Phi) is 9.49. The van der Waals surface area contributed by atoms with E-state index in [-0.39, 0.29) is 18.2 Å². The van der Waals surface area contributed by atoms with Crippen molar-refractivity contribution in [2.45, 2.75) is 25.6 Å². The largest absolute Gasteiger partial charge is 0.455 e. The number of ether oxygens (including phenoxy) is 1. The van der Waals surface area contributed by atoms with Gasteiger partial charge in [-0.1, -0.05) is 47.0 Å². The molecule has 2 N–H and O–H groups in total. The van der Waals surface area contributed by atoms with E-state index in [2.05, 4.69) is 10.6 Å². The van der Waals surface area contributed by atoms with Crippen molar-refractivity contribution < 1.29 is 19.1 Å². The maximum atomic E-state index is 12.0. The fraction of sp³-hybridized carbons (Fsp3) is 0.286. The smallest absolute Gasteiger partial charge is 0.319 e. The summed E-state index contributed by atoms with van der Waals surface area (Å²) < 4.78 is 5.01. The normalized spacial score (nSPS) is 11.5. The lowest BCUT2D eigenvalue weighted by molar-refractivity contribution is -0.147. The van der Waals surface area contributed by atoms with Gasteiger partial charge < -0.3 is 15.4 Å². The molecular formula is C21H22Cl2N2O4S. The van der Waals surface area contributed by atoms with Crippen molar-refractivity contribution >= 4 is 58.4 Å². The van der Waals surface area contributed by atoms with Gasteiger partial charge in [0.15, 0.2) is 6.61 Å². The number of amides is 2. The third-order valence-corrected chi connectivity index (χ3v) is 5.68. The number of esters is 1. The van der Waals surface area contributed by atoms with Crippen molar-refractivity contribution in [3.8, 4) is 0 Å². The van der Waals surface area contributed by atoms with Crippen molar-refractivity contribution in [1.29, 1.82) is 0 Å². The minimum absolute atomic E-state index is 0.0887. The first-order valence-corrected chi connectivity index (χ1v) is 10.9. The molecule has 0 saturated heterocycles. The molecule has 0 saturated carbocycles. The van der Waals surface area contributed by atoms with E-state index in [1.165, 1.54) is 0 Å². The molecule has 2 amide bonds. The Morgan fingerprint density at radius 2 is 1.77 bits per heavy atom. The van der Waals surface area contributed by atoms with Gasteiger partial charge in [0.25, 0.3) is 5.91 Å². The Balaban J connectivity index is 1.67. The van der Waals surface area contributed by atoms with Crippen molar-refractivity contribution in [3.05, 3.63) is 63.6 Å². The first-order chi connectivity index (χ1) is 14.2. The number of hydrogen-bond acceptors (Lipinski definition) is 5. The Labute approximate surface area is 189 Å². The quantitative estimate of drug-likeness (QED) is 0.538. The number of carbonyl (C=O) groups excluding carboxylic acids is 3. The van der Waals surface area contributed by atoms with Crippen LogP contribution >= 0.6 is 35.0 Å². The predicted octanol–water partition coefficient (Wildman–Crippen LogP) is 4.22. The van der Waals surface area contributed by atoms with Gasteiger partial charge in [-0.2, -0.15) is 0 Å². The van der Waals surface area contributed by atoms with Crippen LogP contribution < -0.4 is 10.6 Å². The molecule has 30 heavy (non-hydrogen) atoms. The van der Waals surface area contributed by atoms with E-state index >= 15 is 0 Å². The summed E-state index contributed by atoms with van der Waals surface area (Å²) >= 11 is 13.0. The van der Waals surface area contributed by atoms with Crippen LogP contribution in [0.5, 0.6) is 0 Å². The van der Waals surface area contributed by atoms with E-state index in [9.17, 15) is 14.4 Å². The van der Waals surface area contributed by atoms with E-state index < -0.39 is 23.7 Å². The van der Waals surface area contributed by atoms with E-state index in [0.29, 0.717) is 21.3 Å². The molecule has 0 aliphatic heterocycles. The van der Waals surface area contributed by atoms with E-state index in [1.807, 2.05) is 31.2 Å². The van der Waals surface area contributed by atoms with Crippen molar-refractivity contribution in [1.82, 2.24) is 5.32 Å². The second kappa shape index (κ2) is 11.8. The summed E-state index contributed by atoms with van der Waals surface area (Å²) in [6.45, 7) is 3.36. The van der Waals surface area contributed by atoms with Gasteiger partial charge in [0.2, 0.25) is 5.91 Å². The highest BCUT2D eigenvalue weighted by Gasteiger charge is 2.18. The van der Waals surface area contributed by atoms with Gasteiger partial charge in [0.05, 0.1) is 5.75 Å². The molecule has 0 bridgehead atoms. The molecule has 0 aliphatic carbocycles. The number of thioether (sulfide) groups is 1. The Morgan fingerprint density at radius 1 is 1.07 bits per heavy atom. The highest BCUT2D eigenvalue weighted by molar-refractivity contribution is 8.01. The Morgan fingerprint density at radius 3 is 2.43 bits per heavy atom. The Bertz CT molecular complexity index is 906. The molecule has 2 aromatic carbocycles. The molecule has 0 unspecified atom stereocenters. The third-order valence-electron chi connectivity index (χ3n) is 3.97. The van der Waals surface area contributed by atoms with E-state index in [1.54, 1.807) is 25.1 Å². The number of hydrogen-bond donors (Lipinski definition) is 2. The molecule has 160 valence electrons. The fourth-order valence-corrected chi connectivity index (χ4v) is 3.42. The molecule has 0 aliphatic rings. The van der Waals surface area contributed by atoms with Crippen LogP contribution in [0, 0.1) is 6.92 Å². The Hall–Kier alpha value is -2.22. The molecular weight excluding hydrogens is 447 g/mol. The highest BCUT2D eigenvalue weighted by Crippen LogP contribution is 2.20.